The summed E-state index contributed by atoms with van der Waals surface area (Å²) in [6.45, 7) is 5.44. The van der Waals surface area contributed by atoms with Crippen LogP contribution >= 0.6 is 0 Å². The number of carbonyl (C=O) groups excluding carboxylic acids is 2. The summed E-state index contributed by atoms with van der Waals surface area (Å²) in [5, 5.41) is 8.99. The van der Waals surface area contributed by atoms with Crippen LogP contribution in [0.4, 0.5) is 0 Å². The lowest BCUT2D eigenvalue weighted by Crippen LogP contribution is -2.53. The van der Waals surface area contributed by atoms with Crippen molar-refractivity contribution in [3.63, 3.8) is 0 Å². The summed E-state index contributed by atoms with van der Waals surface area (Å²) in [5.74, 6) is -1.41. The van der Waals surface area contributed by atoms with Crippen molar-refractivity contribution >= 4 is 17.7 Å². The smallest absolute Gasteiger partial charge is 0.326 e. The molecule has 16 heavy (non-hydrogen) atoms. The fourth-order valence-electron chi connectivity index (χ4n) is 1.72. The SMILES string of the molecule is CC(C)(C)C(=O)N1CCC(=O)CC1C(=O)O. The van der Waals surface area contributed by atoms with E-state index in [2.05, 4.69) is 0 Å². The number of hydrogen-bond donors (Lipinski definition) is 1. The molecule has 5 heteroatoms. The maximum atomic E-state index is 12.0. The molecule has 5 nitrogen and oxygen atoms in total. The van der Waals surface area contributed by atoms with E-state index in [1.165, 1.54) is 4.90 Å². The molecule has 1 rings (SSSR count). The summed E-state index contributed by atoms with van der Waals surface area (Å²) in [6, 6.07) is -0.993. The number of likely N-dealkylation sites (tertiary alicyclic amines) is 1. The Morgan fingerprint density at radius 3 is 2.38 bits per heavy atom. The Bertz CT molecular complexity index is 329. The van der Waals surface area contributed by atoms with Gasteiger partial charge in [-0.05, 0) is 0 Å². The zero-order valence-electron chi connectivity index (χ0n) is 9.82. The van der Waals surface area contributed by atoms with Crippen LogP contribution in [0.25, 0.3) is 0 Å². The number of piperidine rings is 1. The van der Waals surface area contributed by atoms with Crippen molar-refractivity contribution in [2.45, 2.75) is 39.7 Å². The molecule has 1 aliphatic heterocycles. The molecule has 0 radical (unpaired) electrons. The van der Waals surface area contributed by atoms with Crippen molar-refractivity contribution in [3.8, 4) is 0 Å². The van der Waals surface area contributed by atoms with Crippen molar-refractivity contribution in [2.24, 2.45) is 5.41 Å². The van der Waals surface area contributed by atoms with Gasteiger partial charge in [0.25, 0.3) is 0 Å². The first kappa shape index (κ1) is 12.7. The van der Waals surface area contributed by atoms with E-state index in [1.807, 2.05) is 0 Å². The molecule has 1 amide bonds. The predicted octanol–water partition coefficient (Wildman–Crippen LogP) is 0.677. The summed E-state index contributed by atoms with van der Waals surface area (Å²) in [5.41, 5.74) is -0.617. The summed E-state index contributed by atoms with van der Waals surface area (Å²) in [7, 11) is 0. The van der Waals surface area contributed by atoms with Crippen molar-refractivity contribution in [2.75, 3.05) is 6.54 Å². The molecule has 1 unspecified atom stereocenters. The van der Waals surface area contributed by atoms with Crippen molar-refractivity contribution in [1.29, 1.82) is 0 Å². The van der Waals surface area contributed by atoms with E-state index in [9.17, 15) is 14.4 Å². The standard InChI is InChI=1S/C11H17NO4/c1-11(2,3)10(16)12-5-4-7(13)6-8(12)9(14)15/h8H,4-6H2,1-3H3,(H,14,15). The van der Waals surface area contributed by atoms with E-state index in [-0.39, 0.29) is 31.1 Å². The maximum absolute atomic E-state index is 12.0. The molecule has 1 fully saturated rings. The van der Waals surface area contributed by atoms with Crippen LogP contribution in [0.2, 0.25) is 0 Å². The van der Waals surface area contributed by atoms with E-state index >= 15 is 0 Å². The minimum Gasteiger partial charge on any atom is -0.480 e. The monoisotopic (exact) mass is 227 g/mol. The minimum atomic E-state index is -1.11. The van der Waals surface area contributed by atoms with Gasteiger partial charge in [-0.25, -0.2) is 4.79 Å². The number of carbonyl (C=O) groups is 3. The molecule has 0 spiro atoms. The summed E-state index contributed by atoms with van der Waals surface area (Å²) < 4.78 is 0. The third-order valence-corrected chi connectivity index (χ3v) is 2.62. The van der Waals surface area contributed by atoms with Gasteiger partial charge in [-0.3, -0.25) is 9.59 Å². The van der Waals surface area contributed by atoms with Crippen LogP contribution in [-0.4, -0.2) is 40.3 Å². The third kappa shape index (κ3) is 2.59. The number of rotatable bonds is 1. The van der Waals surface area contributed by atoms with Gasteiger partial charge in [0.1, 0.15) is 11.8 Å². The zero-order chi connectivity index (χ0) is 12.5. The molecule has 0 saturated carbocycles. The highest BCUT2D eigenvalue weighted by atomic mass is 16.4. The molecule has 90 valence electrons. The normalized spacial score (nSPS) is 22.1. The van der Waals surface area contributed by atoms with E-state index in [0.29, 0.717) is 0 Å². The predicted molar refractivity (Wildman–Crippen MR) is 56.8 cm³/mol. The Labute approximate surface area is 94.4 Å². The quantitative estimate of drug-likeness (QED) is 0.714. The van der Waals surface area contributed by atoms with Gasteiger partial charge in [-0.2, -0.15) is 0 Å². The maximum Gasteiger partial charge on any atom is 0.326 e. The van der Waals surface area contributed by atoms with E-state index in [0.717, 1.165) is 0 Å². The average Bonchev–Trinajstić information content (AvgIpc) is 2.15. The second kappa shape index (κ2) is 4.23. The van der Waals surface area contributed by atoms with Crippen molar-refractivity contribution in [3.05, 3.63) is 0 Å². The van der Waals surface area contributed by atoms with Crippen LogP contribution in [-0.2, 0) is 14.4 Å². The third-order valence-electron chi connectivity index (χ3n) is 2.62. The molecule has 0 bridgehead atoms. The van der Waals surface area contributed by atoms with Gasteiger partial charge in [-0.1, -0.05) is 20.8 Å². The second-order valence-corrected chi connectivity index (χ2v) is 5.10. The van der Waals surface area contributed by atoms with Gasteiger partial charge < -0.3 is 10.0 Å². The number of carboxylic acid groups (broad SMARTS) is 1. The largest absolute Gasteiger partial charge is 0.480 e. The second-order valence-electron chi connectivity index (χ2n) is 5.10. The first-order valence-electron chi connectivity index (χ1n) is 5.29. The highest BCUT2D eigenvalue weighted by molar-refractivity contribution is 5.93. The van der Waals surface area contributed by atoms with Crippen molar-refractivity contribution in [1.82, 2.24) is 4.90 Å². The molecule has 1 saturated heterocycles. The van der Waals surface area contributed by atoms with E-state index < -0.39 is 17.4 Å². The van der Waals surface area contributed by atoms with Gasteiger partial charge in [0.05, 0.1) is 0 Å². The van der Waals surface area contributed by atoms with Gasteiger partial charge in [0.2, 0.25) is 5.91 Å². The van der Waals surface area contributed by atoms with E-state index in [1.54, 1.807) is 20.8 Å². The Morgan fingerprint density at radius 2 is 1.94 bits per heavy atom. The molecule has 0 aromatic heterocycles. The summed E-state index contributed by atoms with van der Waals surface area (Å²) in [6.07, 6.45) is 0.183. The Kier molecular flexibility index (Phi) is 3.35. The highest BCUT2D eigenvalue weighted by Gasteiger charge is 2.39. The van der Waals surface area contributed by atoms with Gasteiger partial charge in [-0.15, -0.1) is 0 Å². The minimum absolute atomic E-state index is 0.0723. The Hall–Kier alpha value is -1.39. The molecule has 0 aromatic rings. The number of hydrogen-bond acceptors (Lipinski definition) is 3. The van der Waals surface area contributed by atoms with Gasteiger partial charge in [0.15, 0.2) is 0 Å². The first-order chi connectivity index (χ1) is 7.23. The molecular formula is C11H17NO4. The average molecular weight is 227 g/mol. The number of nitrogens with zero attached hydrogens (tertiary/aromatic N) is 1. The molecule has 1 aliphatic rings. The lowest BCUT2D eigenvalue weighted by atomic mass is 9.91. The lowest BCUT2D eigenvalue weighted by molar-refractivity contribution is -0.157. The van der Waals surface area contributed by atoms with Crippen LogP contribution in [0.15, 0.2) is 0 Å². The molecule has 0 aromatic carbocycles. The lowest BCUT2D eigenvalue weighted by Gasteiger charge is -2.36. The van der Waals surface area contributed by atoms with Crippen LogP contribution in [0.3, 0.4) is 0 Å². The number of aliphatic carboxylic acids is 1. The number of Topliss-reactive ketones (excluding diaryl/α,β-unsaturated/α-hetero) is 1. The number of carboxylic acids is 1. The topological polar surface area (TPSA) is 74.7 Å². The molecule has 1 heterocycles. The Balaban J connectivity index is 2.89. The van der Waals surface area contributed by atoms with Gasteiger partial charge >= 0.3 is 5.97 Å². The molecule has 1 N–H and O–H groups in total. The van der Waals surface area contributed by atoms with Crippen LogP contribution < -0.4 is 0 Å². The fourth-order valence-corrected chi connectivity index (χ4v) is 1.72. The number of amides is 1. The van der Waals surface area contributed by atoms with E-state index in [4.69, 9.17) is 5.11 Å². The van der Waals surface area contributed by atoms with Crippen LogP contribution in [0.1, 0.15) is 33.6 Å². The molecular weight excluding hydrogens is 210 g/mol. The first-order valence-corrected chi connectivity index (χ1v) is 5.29. The highest BCUT2D eigenvalue weighted by Crippen LogP contribution is 2.23. The Morgan fingerprint density at radius 1 is 1.38 bits per heavy atom. The zero-order valence-corrected chi connectivity index (χ0v) is 9.82. The summed E-state index contributed by atoms with van der Waals surface area (Å²) >= 11 is 0. The number of ketones is 1. The van der Waals surface area contributed by atoms with Crippen LogP contribution in [0.5, 0.6) is 0 Å². The summed E-state index contributed by atoms with van der Waals surface area (Å²) in [4.78, 5) is 35.5. The van der Waals surface area contributed by atoms with Crippen molar-refractivity contribution < 1.29 is 19.5 Å². The molecule has 0 aliphatic carbocycles. The van der Waals surface area contributed by atoms with Gasteiger partial charge in [0, 0.05) is 24.8 Å². The van der Waals surface area contributed by atoms with Crippen LogP contribution in [0, 0.1) is 5.41 Å². The molecule has 1 atom stereocenters. The fraction of sp³-hybridized carbons (Fsp3) is 0.727.